The second-order valence-corrected chi connectivity index (χ2v) is 5.65. The van der Waals surface area contributed by atoms with Crippen LogP contribution in [-0.2, 0) is 10.3 Å². The number of hydrogen-bond donors (Lipinski definition) is 2. The van der Waals surface area contributed by atoms with Gasteiger partial charge < -0.3 is 10.4 Å². The fraction of sp³-hybridized carbons (Fsp3) is 0.615. The van der Waals surface area contributed by atoms with Gasteiger partial charge in [-0.15, -0.1) is 0 Å². The largest absolute Gasteiger partial charge is 0.481 e. The van der Waals surface area contributed by atoms with E-state index in [2.05, 4.69) is 10.4 Å². The monoisotopic (exact) mass is 267 g/mol. The second-order valence-electron chi connectivity index (χ2n) is 5.65. The molecule has 6 nitrogen and oxygen atoms in total. The molecule has 1 heterocycles. The molecule has 0 saturated carbocycles. The van der Waals surface area contributed by atoms with Crippen molar-refractivity contribution in [1.29, 1.82) is 0 Å². The van der Waals surface area contributed by atoms with Crippen molar-refractivity contribution >= 4 is 11.9 Å². The van der Waals surface area contributed by atoms with E-state index in [1.807, 2.05) is 20.8 Å². The number of carboxylic acid groups (broad SMARTS) is 1. The molecule has 0 spiro atoms. The molecule has 0 aliphatic rings. The van der Waals surface area contributed by atoms with E-state index in [0.29, 0.717) is 12.0 Å². The van der Waals surface area contributed by atoms with Crippen LogP contribution in [0.25, 0.3) is 0 Å². The summed E-state index contributed by atoms with van der Waals surface area (Å²) in [6.45, 7) is 7.78. The van der Waals surface area contributed by atoms with Gasteiger partial charge >= 0.3 is 5.97 Å². The van der Waals surface area contributed by atoms with Gasteiger partial charge in [-0.2, -0.15) is 5.10 Å². The van der Waals surface area contributed by atoms with Crippen molar-refractivity contribution in [3.8, 4) is 0 Å². The zero-order valence-electron chi connectivity index (χ0n) is 11.8. The number of aliphatic carboxylic acids is 1. The quantitative estimate of drug-likeness (QED) is 0.849. The molecule has 0 aliphatic carbocycles. The Morgan fingerprint density at radius 2 is 2.11 bits per heavy atom. The van der Waals surface area contributed by atoms with Crippen LogP contribution in [0.3, 0.4) is 0 Å². The second kappa shape index (κ2) is 5.86. The first-order valence-corrected chi connectivity index (χ1v) is 6.28. The molecule has 1 aromatic rings. The van der Waals surface area contributed by atoms with Crippen molar-refractivity contribution in [3.63, 3.8) is 0 Å². The maximum absolute atomic E-state index is 11.9. The highest BCUT2D eigenvalue weighted by atomic mass is 16.4. The summed E-state index contributed by atoms with van der Waals surface area (Å²) in [5.74, 6) is -1.09. The van der Waals surface area contributed by atoms with Crippen LogP contribution in [0.15, 0.2) is 12.4 Å². The van der Waals surface area contributed by atoms with E-state index >= 15 is 0 Å². The Bertz CT molecular complexity index is 460. The van der Waals surface area contributed by atoms with E-state index in [4.69, 9.17) is 5.11 Å². The SMILES string of the molecule is CC(CCC(=O)O)NC(=O)c1cnn(C(C)(C)C)c1. The van der Waals surface area contributed by atoms with Crippen LogP contribution < -0.4 is 5.32 Å². The lowest BCUT2D eigenvalue weighted by atomic mass is 10.1. The normalized spacial score (nSPS) is 13.1. The van der Waals surface area contributed by atoms with Crippen molar-refractivity contribution in [2.45, 2.75) is 52.1 Å². The molecular formula is C13H21N3O3. The van der Waals surface area contributed by atoms with Crippen LogP contribution in [-0.4, -0.2) is 32.8 Å². The first-order chi connectivity index (χ1) is 8.70. The maximum Gasteiger partial charge on any atom is 0.303 e. The minimum atomic E-state index is -0.860. The number of amides is 1. The Balaban J connectivity index is 2.58. The molecule has 1 aromatic heterocycles. The highest BCUT2D eigenvalue weighted by Gasteiger charge is 2.17. The summed E-state index contributed by atoms with van der Waals surface area (Å²) >= 11 is 0. The van der Waals surface area contributed by atoms with Crippen molar-refractivity contribution in [2.75, 3.05) is 0 Å². The van der Waals surface area contributed by atoms with Gasteiger partial charge in [0.25, 0.3) is 5.91 Å². The summed E-state index contributed by atoms with van der Waals surface area (Å²) in [4.78, 5) is 22.4. The summed E-state index contributed by atoms with van der Waals surface area (Å²) in [5.41, 5.74) is 0.310. The molecule has 6 heteroatoms. The first kappa shape index (κ1) is 15.2. The van der Waals surface area contributed by atoms with Crippen LogP contribution in [0.4, 0.5) is 0 Å². The lowest BCUT2D eigenvalue weighted by Gasteiger charge is -2.18. The van der Waals surface area contributed by atoms with Gasteiger partial charge in [-0.25, -0.2) is 0 Å². The molecule has 0 saturated heterocycles. The highest BCUT2D eigenvalue weighted by Crippen LogP contribution is 2.13. The molecule has 1 amide bonds. The third-order valence-electron chi connectivity index (χ3n) is 2.70. The zero-order valence-corrected chi connectivity index (χ0v) is 11.8. The molecule has 0 radical (unpaired) electrons. The van der Waals surface area contributed by atoms with Gasteiger partial charge in [0, 0.05) is 18.7 Å². The Kier molecular flexibility index (Phi) is 4.69. The molecule has 106 valence electrons. The Labute approximate surface area is 112 Å². The van der Waals surface area contributed by atoms with Gasteiger partial charge in [-0.05, 0) is 34.1 Å². The standard InChI is InChI=1S/C13H21N3O3/c1-9(5-6-11(17)18)15-12(19)10-7-14-16(8-10)13(2,3)4/h7-9H,5-6H2,1-4H3,(H,15,19)(H,17,18). The van der Waals surface area contributed by atoms with Crippen LogP contribution in [0.5, 0.6) is 0 Å². The van der Waals surface area contributed by atoms with Crippen molar-refractivity contribution < 1.29 is 14.7 Å². The van der Waals surface area contributed by atoms with Gasteiger partial charge in [0.05, 0.1) is 17.3 Å². The number of aromatic nitrogens is 2. The van der Waals surface area contributed by atoms with E-state index in [9.17, 15) is 9.59 Å². The molecule has 2 N–H and O–H groups in total. The number of carbonyl (C=O) groups excluding carboxylic acids is 1. The van der Waals surface area contributed by atoms with Crippen molar-refractivity contribution in [3.05, 3.63) is 18.0 Å². The molecule has 19 heavy (non-hydrogen) atoms. The minimum absolute atomic E-state index is 0.0443. The summed E-state index contributed by atoms with van der Waals surface area (Å²) in [5, 5.41) is 15.5. The predicted octanol–water partition coefficient (Wildman–Crippen LogP) is 1.62. The fourth-order valence-corrected chi connectivity index (χ4v) is 1.53. The lowest BCUT2D eigenvalue weighted by Crippen LogP contribution is -2.32. The highest BCUT2D eigenvalue weighted by molar-refractivity contribution is 5.93. The molecule has 0 aromatic carbocycles. The molecule has 0 bridgehead atoms. The van der Waals surface area contributed by atoms with E-state index in [1.165, 1.54) is 6.20 Å². The van der Waals surface area contributed by atoms with Crippen LogP contribution in [0.2, 0.25) is 0 Å². The van der Waals surface area contributed by atoms with E-state index < -0.39 is 5.97 Å². The van der Waals surface area contributed by atoms with Gasteiger partial charge in [0.2, 0.25) is 0 Å². The molecular weight excluding hydrogens is 246 g/mol. The number of nitrogens with one attached hydrogen (secondary N) is 1. The molecule has 1 unspecified atom stereocenters. The number of carbonyl (C=O) groups is 2. The van der Waals surface area contributed by atoms with Gasteiger partial charge in [-0.1, -0.05) is 0 Å². The summed E-state index contributed by atoms with van der Waals surface area (Å²) < 4.78 is 1.73. The molecule has 0 aliphatic heterocycles. The maximum atomic E-state index is 11.9. The topological polar surface area (TPSA) is 84.2 Å². The van der Waals surface area contributed by atoms with E-state index in [0.717, 1.165) is 0 Å². The lowest BCUT2D eigenvalue weighted by molar-refractivity contribution is -0.137. The Morgan fingerprint density at radius 1 is 1.47 bits per heavy atom. The number of nitrogens with zero attached hydrogens (tertiary/aromatic N) is 2. The molecule has 1 atom stereocenters. The zero-order chi connectivity index (χ0) is 14.6. The van der Waals surface area contributed by atoms with Crippen LogP contribution in [0, 0.1) is 0 Å². The van der Waals surface area contributed by atoms with E-state index in [-0.39, 0.29) is 23.9 Å². The number of hydrogen-bond acceptors (Lipinski definition) is 3. The summed E-state index contributed by atoms with van der Waals surface area (Å²) in [6.07, 6.45) is 3.67. The minimum Gasteiger partial charge on any atom is -0.481 e. The molecule has 1 rings (SSSR count). The van der Waals surface area contributed by atoms with Crippen LogP contribution >= 0.6 is 0 Å². The third kappa shape index (κ3) is 4.73. The summed E-state index contributed by atoms with van der Waals surface area (Å²) in [7, 11) is 0. The van der Waals surface area contributed by atoms with Crippen molar-refractivity contribution in [2.24, 2.45) is 0 Å². The first-order valence-electron chi connectivity index (χ1n) is 6.28. The fourth-order valence-electron chi connectivity index (χ4n) is 1.53. The average Bonchev–Trinajstić information content (AvgIpc) is 2.75. The predicted molar refractivity (Wildman–Crippen MR) is 71.0 cm³/mol. The third-order valence-corrected chi connectivity index (χ3v) is 2.70. The van der Waals surface area contributed by atoms with E-state index in [1.54, 1.807) is 17.8 Å². The number of rotatable bonds is 5. The van der Waals surface area contributed by atoms with Crippen molar-refractivity contribution in [1.82, 2.24) is 15.1 Å². The molecule has 0 fully saturated rings. The Morgan fingerprint density at radius 3 is 2.58 bits per heavy atom. The average molecular weight is 267 g/mol. The number of carboxylic acids is 1. The van der Waals surface area contributed by atoms with Gasteiger partial charge in [-0.3, -0.25) is 14.3 Å². The Hall–Kier alpha value is -1.85. The van der Waals surface area contributed by atoms with Gasteiger partial charge in [0.15, 0.2) is 0 Å². The van der Waals surface area contributed by atoms with Gasteiger partial charge in [0.1, 0.15) is 0 Å². The smallest absolute Gasteiger partial charge is 0.303 e. The summed E-state index contributed by atoms with van der Waals surface area (Å²) in [6, 6.07) is -0.179. The van der Waals surface area contributed by atoms with Crippen LogP contribution in [0.1, 0.15) is 50.9 Å².